The Labute approximate surface area is 175 Å². The van der Waals surface area contributed by atoms with Crippen LogP contribution in [0.3, 0.4) is 0 Å². The van der Waals surface area contributed by atoms with Gasteiger partial charge in [0.2, 0.25) is 0 Å². The standard InChI is InChI=1S/C26H24N2O2/c29-25-21-22(24(28-25)20-12-10-16-6-2-4-8-18(16)14-20)26(30)27-23(21)19-11-9-15-5-1-3-7-17(15)13-19/h9-14,27,30H,1-8H2. The van der Waals surface area contributed by atoms with E-state index in [0.717, 1.165) is 36.8 Å². The average Bonchev–Trinajstić information content (AvgIpc) is 3.31. The maximum Gasteiger partial charge on any atom is 0.280 e. The highest BCUT2D eigenvalue weighted by molar-refractivity contribution is 6.30. The fourth-order valence-electron chi connectivity index (χ4n) is 5.34. The summed E-state index contributed by atoms with van der Waals surface area (Å²) in [4.78, 5) is 20.4. The fourth-order valence-corrected chi connectivity index (χ4v) is 5.34. The summed E-state index contributed by atoms with van der Waals surface area (Å²) in [5, 5.41) is 10.8. The lowest BCUT2D eigenvalue weighted by atomic mass is 9.88. The predicted molar refractivity (Wildman–Crippen MR) is 118 cm³/mol. The van der Waals surface area contributed by atoms with Gasteiger partial charge in [0, 0.05) is 5.56 Å². The summed E-state index contributed by atoms with van der Waals surface area (Å²) in [7, 11) is 0. The Hall–Kier alpha value is -3.14. The first-order valence-corrected chi connectivity index (χ1v) is 11.0. The van der Waals surface area contributed by atoms with Crippen LogP contribution in [0.25, 0.3) is 11.3 Å². The molecule has 2 aromatic carbocycles. The normalized spacial score (nSPS) is 17.3. The van der Waals surface area contributed by atoms with Gasteiger partial charge in [-0.15, -0.1) is 0 Å². The van der Waals surface area contributed by atoms with Gasteiger partial charge in [0.05, 0.1) is 22.5 Å². The van der Waals surface area contributed by atoms with Crippen LogP contribution in [0.2, 0.25) is 0 Å². The van der Waals surface area contributed by atoms with Crippen LogP contribution < -0.4 is 0 Å². The lowest BCUT2D eigenvalue weighted by Gasteiger charge is -2.16. The summed E-state index contributed by atoms with van der Waals surface area (Å²) in [5.41, 5.74) is 9.64. The summed E-state index contributed by atoms with van der Waals surface area (Å²) in [6.45, 7) is 0. The number of aliphatic imine (C=N–C) groups is 1. The third-order valence-electron chi connectivity index (χ3n) is 6.90. The molecule has 150 valence electrons. The molecular formula is C26H24N2O2. The second-order valence-electron chi connectivity index (χ2n) is 8.75. The molecule has 0 unspecified atom stereocenters. The van der Waals surface area contributed by atoms with E-state index in [1.165, 1.54) is 47.9 Å². The second kappa shape index (κ2) is 6.69. The summed E-state index contributed by atoms with van der Waals surface area (Å²) in [6.07, 6.45) is 9.25. The number of amides is 1. The van der Waals surface area contributed by atoms with E-state index in [1.54, 1.807) is 0 Å². The summed E-state index contributed by atoms with van der Waals surface area (Å²) in [5.74, 6) is -0.248. The van der Waals surface area contributed by atoms with Crippen molar-refractivity contribution in [2.45, 2.75) is 51.4 Å². The third-order valence-corrected chi connectivity index (χ3v) is 6.90. The van der Waals surface area contributed by atoms with E-state index in [1.807, 2.05) is 6.07 Å². The molecule has 2 heterocycles. The molecule has 1 aliphatic heterocycles. The monoisotopic (exact) mass is 396 g/mol. The van der Waals surface area contributed by atoms with Crippen LogP contribution in [-0.2, 0) is 25.7 Å². The SMILES string of the molecule is O=C1N=C(c2ccc3c(c2)CCCC3)c2c(O)[nH]c(-c3ccc4c(c3)CCCC4)c21. The van der Waals surface area contributed by atoms with Crippen LogP contribution >= 0.6 is 0 Å². The molecule has 30 heavy (non-hydrogen) atoms. The van der Waals surface area contributed by atoms with E-state index in [-0.39, 0.29) is 11.8 Å². The Kier molecular flexibility index (Phi) is 3.95. The van der Waals surface area contributed by atoms with Crippen molar-refractivity contribution < 1.29 is 9.90 Å². The molecule has 3 aromatic rings. The van der Waals surface area contributed by atoms with Crippen molar-refractivity contribution in [3.63, 3.8) is 0 Å². The number of nitrogens with zero attached hydrogens (tertiary/aromatic N) is 1. The molecule has 4 nitrogen and oxygen atoms in total. The van der Waals surface area contributed by atoms with E-state index >= 15 is 0 Å². The number of aromatic hydroxyl groups is 1. The van der Waals surface area contributed by atoms with Gasteiger partial charge in [-0.1, -0.05) is 24.3 Å². The maximum atomic E-state index is 12.9. The molecule has 0 saturated carbocycles. The van der Waals surface area contributed by atoms with Gasteiger partial charge in [0.25, 0.3) is 5.91 Å². The maximum absolute atomic E-state index is 12.9. The zero-order valence-corrected chi connectivity index (χ0v) is 16.9. The number of aromatic amines is 1. The second-order valence-corrected chi connectivity index (χ2v) is 8.75. The number of H-pyrrole nitrogens is 1. The minimum atomic E-state index is -0.276. The Balaban J connectivity index is 1.45. The zero-order valence-electron chi connectivity index (χ0n) is 16.9. The Bertz CT molecular complexity index is 1230. The highest BCUT2D eigenvalue weighted by Crippen LogP contribution is 2.39. The molecule has 0 fully saturated rings. The molecule has 0 radical (unpaired) electrons. The molecular weight excluding hydrogens is 372 g/mol. The van der Waals surface area contributed by atoms with Crippen LogP contribution in [0, 0.1) is 0 Å². The number of carbonyl (C=O) groups excluding carboxylic acids is 1. The minimum absolute atomic E-state index is 0.0278. The van der Waals surface area contributed by atoms with Crippen molar-refractivity contribution >= 4 is 11.6 Å². The van der Waals surface area contributed by atoms with Gasteiger partial charge in [0.1, 0.15) is 0 Å². The number of nitrogens with one attached hydrogen (secondary N) is 1. The topological polar surface area (TPSA) is 65.4 Å². The van der Waals surface area contributed by atoms with Gasteiger partial charge in [-0.2, -0.15) is 0 Å². The van der Waals surface area contributed by atoms with Crippen molar-refractivity contribution in [3.05, 3.63) is 75.3 Å². The van der Waals surface area contributed by atoms with Gasteiger partial charge < -0.3 is 10.1 Å². The van der Waals surface area contributed by atoms with Crippen LogP contribution in [0.1, 0.15) is 69.4 Å². The average molecular weight is 396 g/mol. The van der Waals surface area contributed by atoms with Crippen molar-refractivity contribution in [2.24, 2.45) is 4.99 Å². The third kappa shape index (κ3) is 2.67. The van der Waals surface area contributed by atoms with Gasteiger partial charge in [-0.25, -0.2) is 4.99 Å². The first-order chi connectivity index (χ1) is 14.7. The lowest BCUT2D eigenvalue weighted by Crippen LogP contribution is -2.06. The molecule has 4 heteroatoms. The van der Waals surface area contributed by atoms with E-state index in [0.29, 0.717) is 22.5 Å². The summed E-state index contributed by atoms with van der Waals surface area (Å²) in [6, 6.07) is 12.7. The van der Waals surface area contributed by atoms with Crippen LogP contribution in [0.15, 0.2) is 41.4 Å². The molecule has 1 aromatic heterocycles. The van der Waals surface area contributed by atoms with Gasteiger partial charge in [-0.05, 0) is 91.3 Å². The molecule has 1 amide bonds. The smallest absolute Gasteiger partial charge is 0.280 e. The molecule has 2 N–H and O–H groups in total. The van der Waals surface area contributed by atoms with E-state index in [4.69, 9.17) is 0 Å². The number of hydrogen-bond acceptors (Lipinski definition) is 2. The zero-order chi connectivity index (χ0) is 20.2. The predicted octanol–water partition coefficient (Wildman–Crippen LogP) is 5.14. The molecule has 6 rings (SSSR count). The van der Waals surface area contributed by atoms with Crippen molar-refractivity contribution in [1.82, 2.24) is 4.98 Å². The number of benzene rings is 2. The molecule has 0 saturated heterocycles. The Morgan fingerprint density at radius 3 is 1.97 bits per heavy atom. The van der Waals surface area contributed by atoms with E-state index in [2.05, 4.69) is 40.3 Å². The largest absolute Gasteiger partial charge is 0.494 e. The number of fused-ring (bicyclic) bond motifs is 3. The Morgan fingerprint density at radius 2 is 1.30 bits per heavy atom. The van der Waals surface area contributed by atoms with Crippen LogP contribution in [0.5, 0.6) is 5.88 Å². The van der Waals surface area contributed by atoms with Crippen molar-refractivity contribution in [1.29, 1.82) is 0 Å². The molecule has 3 aliphatic rings. The number of hydrogen-bond donors (Lipinski definition) is 2. The van der Waals surface area contributed by atoms with E-state index < -0.39 is 0 Å². The van der Waals surface area contributed by atoms with Crippen molar-refractivity contribution in [3.8, 4) is 17.1 Å². The highest BCUT2D eigenvalue weighted by atomic mass is 16.3. The molecule has 0 spiro atoms. The molecule has 2 aliphatic carbocycles. The fraction of sp³-hybridized carbons (Fsp3) is 0.308. The van der Waals surface area contributed by atoms with Gasteiger partial charge in [-0.3, -0.25) is 4.79 Å². The molecule has 0 atom stereocenters. The number of aromatic nitrogens is 1. The van der Waals surface area contributed by atoms with Gasteiger partial charge in [0.15, 0.2) is 5.88 Å². The number of aryl methyl sites for hydroxylation is 4. The minimum Gasteiger partial charge on any atom is -0.494 e. The Morgan fingerprint density at radius 1 is 0.733 bits per heavy atom. The number of carbonyl (C=O) groups is 1. The lowest BCUT2D eigenvalue weighted by molar-refractivity contribution is 0.101. The van der Waals surface area contributed by atoms with E-state index in [9.17, 15) is 9.90 Å². The first kappa shape index (κ1) is 17.7. The van der Waals surface area contributed by atoms with Crippen molar-refractivity contribution in [2.75, 3.05) is 0 Å². The quantitative estimate of drug-likeness (QED) is 0.630. The summed E-state index contributed by atoms with van der Waals surface area (Å²) < 4.78 is 0. The van der Waals surface area contributed by atoms with Crippen LogP contribution in [-0.4, -0.2) is 21.7 Å². The highest BCUT2D eigenvalue weighted by Gasteiger charge is 2.34. The molecule has 0 bridgehead atoms. The number of rotatable bonds is 2. The first-order valence-electron chi connectivity index (χ1n) is 11.0. The van der Waals surface area contributed by atoms with Crippen LogP contribution in [0.4, 0.5) is 0 Å². The summed E-state index contributed by atoms with van der Waals surface area (Å²) >= 11 is 0. The van der Waals surface area contributed by atoms with Gasteiger partial charge >= 0.3 is 0 Å².